The van der Waals surface area contributed by atoms with Gasteiger partial charge < -0.3 is 10.6 Å². The number of nitrogens with one attached hydrogen (secondary N) is 2. The van der Waals surface area contributed by atoms with Crippen molar-refractivity contribution in [2.75, 3.05) is 11.9 Å². The van der Waals surface area contributed by atoms with Gasteiger partial charge in [-0.2, -0.15) is 0 Å². The van der Waals surface area contributed by atoms with Crippen LogP contribution in [0.3, 0.4) is 0 Å². The van der Waals surface area contributed by atoms with E-state index in [4.69, 9.17) is 0 Å². The number of hydrogen-bond acceptors (Lipinski definition) is 4. The highest BCUT2D eigenvalue weighted by Gasteiger charge is 2.09. The van der Waals surface area contributed by atoms with E-state index in [9.17, 15) is 9.59 Å². The van der Waals surface area contributed by atoms with Crippen molar-refractivity contribution in [1.82, 2.24) is 10.3 Å². The van der Waals surface area contributed by atoms with Crippen LogP contribution in [-0.2, 0) is 4.79 Å². The molecule has 0 fully saturated rings. The molecule has 1 aromatic carbocycles. The van der Waals surface area contributed by atoms with E-state index in [2.05, 4.69) is 15.6 Å². The second-order valence-electron chi connectivity index (χ2n) is 4.62. The number of carbonyl (C=O) groups excluding carboxylic acids is 2. The van der Waals surface area contributed by atoms with E-state index in [-0.39, 0.29) is 18.4 Å². The van der Waals surface area contributed by atoms with Crippen LogP contribution in [0.15, 0.2) is 54.0 Å². The van der Waals surface area contributed by atoms with Gasteiger partial charge in [-0.15, -0.1) is 11.3 Å². The number of benzene rings is 1. The van der Waals surface area contributed by atoms with Gasteiger partial charge in [0.1, 0.15) is 0 Å². The molecule has 2 N–H and O–H groups in total. The number of rotatable bonds is 4. The first-order valence-electron chi connectivity index (χ1n) is 6.69. The van der Waals surface area contributed by atoms with Gasteiger partial charge in [0.2, 0.25) is 5.91 Å². The third-order valence-corrected chi connectivity index (χ3v) is 3.90. The summed E-state index contributed by atoms with van der Waals surface area (Å²) < 4.78 is 0. The summed E-state index contributed by atoms with van der Waals surface area (Å²) in [5, 5.41) is 8.07. The number of para-hydroxylation sites is 1. The van der Waals surface area contributed by atoms with E-state index >= 15 is 0 Å². The van der Waals surface area contributed by atoms with Crippen molar-refractivity contribution in [2.24, 2.45) is 0 Å². The Morgan fingerprint density at radius 1 is 1.14 bits per heavy atom. The average Bonchev–Trinajstić information content (AvgIpc) is 3.07. The summed E-state index contributed by atoms with van der Waals surface area (Å²) in [7, 11) is 0. The normalized spacial score (nSPS) is 10.4. The Hall–Kier alpha value is -2.73. The number of thiophene rings is 1. The van der Waals surface area contributed by atoms with Crippen LogP contribution in [0.1, 0.15) is 9.67 Å². The number of nitrogens with zero attached hydrogens (tertiary/aromatic N) is 1. The minimum atomic E-state index is -0.290. The molecule has 0 saturated carbocycles. The summed E-state index contributed by atoms with van der Waals surface area (Å²) in [6.07, 6.45) is 1.60. The third-order valence-electron chi connectivity index (χ3n) is 3.03. The molecule has 0 radical (unpaired) electrons. The zero-order valence-corrected chi connectivity index (χ0v) is 12.4. The molecule has 0 atom stereocenters. The second kappa shape index (κ2) is 6.36. The van der Waals surface area contributed by atoms with E-state index in [1.54, 1.807) is 18.3 Å². The Bertz CT molecular complexity index is 815. The summed E-state index contributed by atoms with van der Waals surface area (Å²) in [5.41, 5.74) is 1.47. The molecular weight excluding hydrogens is 298 g/mol. The Kier molecular flexibility index (Phi) is 4.11. The lowest BCUT2D eigenvalue weighted by molar-refractivity contribution is -0.115. The van der Waals surface area contributed by atoms with E-state index in [0.717, 1.165) is 10.9 Å². The second-order valence-corrected chi connectivity index (χ2v) is 5.57. The maximum Gasteiger partial charge on any atom is 0.261 e. The van der Waals surface area contributed by atoms with Crippen molar-refractivity contribution in [1.29, 1.82) is 0 Å². The first-order chi connectivity index (χ1) is 10.7. The molecule has 0 aliphatic rings. The van der Waals surface area contributed by atoms with Gasteiger partial charge in [0.05, 0.1) is 28.8 Å². The van der Waals surface area contributed by atoms with Crippen molar-refractivity contribution < 1.29 is 9.59 Å². The first kappa shape index (κ1) is 14.2. The largest absolute Gasteiger partial charge is 0.342 e. The summed E-state index contributed by atoms with van der Waals surface area (Å²) in [4.78, 5) is 28.5. The standard InChI is InChI=1S/C16H13N3O2S/c20-15(10-18-16(21)14-6-3-7-22-14)19-12-8-11-4-1-2-5-13(11)17-9-12/h1-9H,10H2,(H,18,21)(H,19,20). The molecule has 3 aromatic rings. The summed E-state index contributed by atoms with van der Waals surface area (Å²) in [5.74, 6) is -0.538. The highest BCUT2D eigenvalue weighted by Crippen LogP contribution is 2.15. The van der Waals surface area contributed by atoms with E-state index in [1.807, 2.05) is 35.7 Å². The lowest BCUT2D eigenvalue weighted by Gasteiger charge is -2.07. The fraction of sp³-hybridized carbons (Fsp3) is 0.0625. The zero-order valence-electron chi connectivity index (χ0n) is 11.6. The van der Waals surface area contributed by atoms with Crippen molar-refractivity contribution in [3.63, 3.8) is 0 Å². The highest BCUT2D eigenvalue weighted by molar-refractivity contribution is 7.12. The smallest absolute Gasteiger partial charge is 0.261 e. The number of anilines is 1. The van der Waals surface area contributed by atoms with Crippen molar-refractivity contribution in [3.8, 4) is 0 Å². The molecule has 22 heavy (non-hydrogen) atoms. The monoisotopic (exact) mass is 311 g/mol. The number of aromatic nitrogens is 1. The number of pyridine rings is 1. The minimum Gasteiger partial charge on any atom is -0.342 e. The van der Waals surface area contributed by atoms with Gasteiger partial charge in [-0.25, -0.2) is 0 Å². The molecule has 5 nitrogen and oxygen atoms in total. The molecule has 2 amide bonds. The minimum absolute atomic E-state index is 0.0798. The Balaban J connectivity index is 1.59. The van der Waals surface area contributed by atoms with Crippen molar-refractivity contribution in [2.45, 2.75) is 0 Å². The van der Waals surface area contributed by atoms with Crippen LogP contribution in [0.4, 0.5) is 5.69 Å². The molecule has 0 saturated heterocycles. The van der Waals surface area contributed by atoms with Gasteiger partial charge in [-0.05, 0) is 23.6 Å². The molecule has 0 aliphatic heterocycles. The molecule has 2 aromatic heterocycles. The molecule has 3 rings (SSSR count). The number of hydrogen-bond donors (Lipinski definition) is 2. The maximum absolute atomic E-state index is 11.9. The van der Waals surface area contributed by atoms with E-state index in [0.29, 0.717) is 10.6 Å². The fourth-order valence-electron chi connectivity index (χ4n) is 2.00. The Morgan fingerprint density at radius 2 is 2.00 bits per heavy atom. The molecule has 0 aliphatic carbocycles. The van der Waals surface area contributed by atoms with Gasteiger partial charge in [0, 0.05) is 5.39 Å². The topological polar surface area (TPSA) is 71.1 Å². The third kappa shape index (κ3) is 3.29. The van der Waals surface area contributed by atoms with Crippen LogP contribution in [0.5, 0.6) is 0 Å². The first-order valence-corrected chi connectivity index (χ1v) is 7.57. The number of fused-ring (bicyclic) bond motifs is 1. The van der Waals surface area contributed by atoms with Gasteiger partial charge in [0.25, 0.3) is 5.91 Å². The highest BCUT2D eigenvalue weighted by atomic mass is 32.1. The molecule has 110 valence electrons. The van der Waals surface area contributed by atoms with Crippen molar-refractivity contribution in [3.05, 3.63) is 58.9 Å². The van der Waals surface area contributed by atoms with Gasteiger partial charge >= 0.3 is 0 Å². The molecule has 6 heteroatoms. The predicted molar refractivity (Wildman–Crippen MR) is 87.0 cm³/mol. The Labute approximate surface area is 131 Å². The van der Waals surface area contributed by atoms with E-state index < -0.39 is 0 Å². The molecule has 0 unspecified atom stereocenters. The SMILES string of the molecule is O=C(CNC(=O)c1cccs1)Nc1cnc2ccccc2c1. The van der Waals surface area contributed by atoms with E-state index in [1.165, 1.54) is 11.3 Å². The van der Waals surface area contributed by atoms with Gasteiger partial charge in [-0.1, -0.05) is 24.3 Å². The average molecular weight is 311 g/mol. The summed E-state index contributed by atoms with van der Waals surface area (Å²) in [6.45, 7) is -0.0798. The van der Waals surface area contributed by atoms with Crippen LogP contribution >= 0.6 is 11.3 Å². The van der Waals surface area contributed by atoms with Crippen LogP contribution in [0, 0.1) is 0 Å². The predicted octanol–water partition coefficient (Wildman–Crippen LogP) is 2.66. The maximum atomic E-state index is 11.9. The number of amides is 2. The van der Waals surface area contributed by atoms with Crippen molar-refractivity contribution >= 4 is 39.7 Å². The lowest BCUT2D eigenvalue weighted by atomic mass is 10.2. The number of carbonyl (C=O) groups is 2. The Morgan fingerprint density at radius 3 is 2.82 bits per heavy atom. The molecule has 2 heterocycles. The van der Waals surface area contributed by atoms with Gasteiger partial charge in [-0.3, -0.25) is 14.6 Å². The fourth-order valence-corrected chi connectivity index (χ4v) is 2.64. The molecular formula is C16H13N3O2S. The van der Waals surface area contributed by atoms with Crippen LogP contribution in [-0.4, -0.2) is 23.3 Å². The summed E-state index contributed by atoms with van der Waals surface area (Å²) in [6, 6.07) is 13.0. The zero-order chi connectivity index (χ0) is 15.4. The summed E-state index contributed by atoms with van der Waals surface area (Å²) >= 11 is 1.33. The van der Waals surface area contributed by atoms with Gasteiger partial charge in [0.15, 0.2) is 0 Å². The van der Waals surface area contributed by atoms with Crippen LogP contribution in [0.25, 0.3) is 10.9 Å². The molecule has 0 spiro atoms. The van der Waals surface area contributed by atoms with Crippen LogP contribution < -0.4 is 10.6 Å². The van der Waals surface area contributed by atoms with Crippen LogP contribution in [0.2, 0.25) is 0 Å². The quantitative estimate of drug-likeness (QED) is 0.778. The lowest BCUT2D eigenvalue weighted by Crippen LogP contribution is -2.32. The molecule has 0 bridgehead atoms.